The molecule has 1 atom stereocenters. The molecule has 16 heavy (non-hydrogen) atoms. The van der Waals surface area contributed by atoms with E-state index < -0.39 is 23.1 Å². The van der Waals surface area contributed by atoms with E-state index in [1.165, 1.54) is 6.07 Å². The molecule has 0 heterocycles. The summed E-state index contributed by atoms with van der Waals surface area (Å²) in [7, 11) is 0. The molecule has 1 aromatic rings. The zero-order valence-electron chi connectivity index (χ0n) is 8.77. The van der Waals surface area contributed by atoms with Crippen LogP contribution in [0, 0.1) is 17.6 Å². The number of hydrogen-bond donors (Lipinski definition) is 1. The lowest BCUT2D eigenvalue weighted by molar-refractivity contribution is 0.0941. The molecule has 1 amide bonds. The number of hydrogen-bond acceptors (Lipinski definition) is 1. The minimum absolute atomic E-state index is 0.0560. The second-order valence-electron chi connectivity index (χ2n) is 3.57. The largest absolute Gasteiger partial charge is 0.352 e. The van der Waals surface area contributed by atoms with E-state index in [1.54, 1.807) is 0 Å². The molecular weight excluding hydrogens is 236 g/mol. The fraction of sp³-hybridized carbons (Fsp3) is 0.364. The Morgan fingerprint density at radius 2 is 2.00 bits per heavy atom. The third-order valence-corrected chi connectivity index (χ3v) is 2.59. The van der Waals surface area contributed by atoms with Gasteiger partial charge in [-0.15, -0.1) is 11.6 Å². The van der Waals surface area contributed by atoms with E-state index in [4.69, 9.17) is 11.6 Å². The molecule has 1 N–H and O–H groups in total. The Morgan fingerprint density at radius 3 is 2.50 bits per heavy atom. The highest BCUT2D eigenvalue weighted by Gasteiger charge is 2.16. The van der Waals surface area contributed by atoms with Crippen LogP contribution in [-0.4, -0.2) is 18.3 Å². The van der Waals surface area contributed by atoms with Crippen LogP contribution in [0.2, 0.25) is 0 Å². The first kappa shape index (κ1) is 12.9. The summed E-state index contributed by atoms with van der Waals surface area (Å²) in [5, 5.41) is 2.43. The monoisotopic (exact) mass is 247 g/mol. The summed E-state index contributed by atoms with van der Waals surface area (Å²) < 4.78 is 26.4. The number of carbonyl (C=O) groups excluding carboxylic acids is 1. The number of nitrogens with one attached hydrogen (secondary N) is 1. The van der Waals surface area contributed by atoms with Gasteiger partial charge in [0.1, 0.15) is 17.2 Å². The van der Waals surface area contributed by atoms with Gasteiger partial charge in [0, 0.05) is 12.4 Å². The number of carbonyl (C=O) groups is 1. The Kier molecular flexibility index (Phi) is 4.68. The van der Waals surface area contributed by atoms with E-state index in [2.05, 4.69) is 5.32 Å². The Morgan fingerprint density at radius 1 is 1.44 bits per heavy atom. The van der Waals surface area contributed by atoms with Crippen molar-refractivity contribution in [1.82, 2.24) is 5.32 Å². The average Bonchev–Trinajstić information content (AvgIpc) is 2.25. The Labute approximate surface area is 97.6 Å². The van der Waals surface area contributed by atoms with Crippen LogP contribution in [0.5, 0.6) is 0 Å². The SMILES string of the molecule is CC(CCl)CNC(=O)c1c(F)cccc1F. The summed E-state index contributed by atoms with van der Waals surface area (Å²) in [4.78, 5) is 11.5. The molecule has 1 rings (SSSR count). The van der Waals surface area contributed by atoms with Crippen molar-refractivity contribution in [2.24, 2.45) is 5.92 Å². The molecule has 5 heteroatoms. The summed E-state index contributed by atoms with van der Waals surface area (Å²) in [5.41, 5.74) is -0.552. The molecule has 0 aromatic heterocycles. The van der Waals surface area contributed by atoms with Crippen LogP contribution in [0.25, 0.3) is 0 Å². The van der Waals surface area contributed by atoms with Gasteiger partial charge >= 0.3 is 0 Å². The summed E-state index contributed by atoms with van der Waals surface area (Å²) in [5.74, 6) is -2.06. The number of alkyl halides is 1. The molecule has 0 spiro atoms. The van der Waals surface area contributed by atoms with Gasteiger partial charge in [0.15, 0.2) is 0 Å². The molecule has 0 fully saturated rings. The summed E-state index contributed by atoms with van der Waals surface area (Å²) in [6, 6.07) is 3.30. The van der Waals surface area contributed by atoms with Crippen LogP contribution in [0.3, 0.4) is 0 Å². The Balaban J connectivity index is 2.73. The number of amides is 1. The Bertz CT molecular complexity index is 364. The summed E-state index contributed by atoms with van der Waals surface area (Å²) in [6.45, 7) is 2.11. The molecule has 1 aromatic carbocycles. The van der Waals surface area contributed by atoms with E-state index in [0.29, 0.717) is 5.88 Å². The molecule has 0 aliphatic heterocycles. The zero-order chi connectivity index (χ0) is 12.1. The molecule has 0 saturated carbocycles. The first-order valence-corrected chi connectivity index (χ1v) is 5.38. The van der Waals surface area contributed by atoms with E-state index in [-0.39, 0.29) is 12.5 Å². The van der Waals surface area contributed by atoms with Gasteiger partial charge in [0.2, 0.25) is 0 Å². The third-order valence-electron chi connectivity index (χ3n) is 2.06. The van der Waals surface area contributed by atoms with Gasteiger partial charge in [0.25, 0.3) is 5.91 Å². The van der Waals surface area contributed by atoms with Crippen LogP contribution in [0.1, 0.15) is 17.3 Å². The van der Waals surface area contributed by atoms with Crippen LogP contribution >= 0.6 is 11.6 Å². The normalized spacial score (nSPS) is 12.2. The third kappa shape index (κ3) is 3.17. The standard InChI is InChI=1S/C11H12ClF2NO/c1-7(5-12)6-15-11(16)10-8(13)3-2-4-9(10)14/h2-4,7H,5-6H2,1H3,(H,15,16). The second kappa shape index (κ2) is 5.80. The molecule has 1 unspecified atom stereocenters. The lowest BCUT2D eigenvalue weighted by atomic mass is 10.1. The van der Waals surface area contributed by atoms with Gasteiger partial charge in [-0.05, 0) is 18.1 Å². The highest BCUT2D eigenvalue weighted by Crippen LogP contribution is 2.11. The average molecular weight is 248 g/mol. The summed E-state index contributed by atoms with van der Waals surface area (Å²) in [6.07, 6.45) is 0. The predicted octanol–water partition coefficient (Wildman–Crippen LogP) is 2.57. The minimum Gasteiger partial charge on any atom is -0.352 e. The molecule has 0 aliphatic rings. The smallest absolute Gasteiger partial charge is 0.257 e. The molecule has 2 nitrogen and oxygen atoms in total. The molecule has 88 valence electrons. The van der Waals surface area contributed by atoms with Gasteiger partial charge in [-0.1, -0.05) is 13.0 Å². The van der Waals surface area contributed by atoms with Crippen LogP contribution in [-0.2, 0) is 0 Å². The van der Waals surface area contributed by atoms with Gasteiger partial charge in [-0.3, -0.25) is 4.79 Å². The predicted molar refractivity (Wildman–Crippen MR) is 58.6 cm³/mol. The maximum atomic E-state index is 13.2. The Hall–Kier alpha value is -1.16. The van der Waals surface area contributed by atoms with E-state index in [1.807, 2.05) is 6.92 Å². The maximum absolute atomic E-state index is 13.2. The van der Waals surface area contributed by atoms with Gasteiger partial charge in [-0.2, -0.15) is 0 Å². The summed E-state index contributed by atoms with van der Waals surface area (Å²) >= 11 is 5.54. The quantitative estimate of drug-likeness (QED) is 0.814. The number of halogens is 3. The van der Waals surface area contributed by atoms with E-state index >= 15 is 0 Å². The lowest BCUT2D eigenvalue weighted by Gasteiger charge is -2.10. The molecule has 0 radical (unpaired) electrons. The number of benzene rings is 1. The minimum atomic E-state index is -0.865. The molecule has 0 bridgehead atoms. The van der Waals surface area contributed by atoms with E-state index in [0.717, 1.165) is 12.1 Å². The van der Waals surface area contributed by atoms with Crippen molar-refractivity contribution >= 4 is 17.5 Å². The first-order valence-electron chi connectivity index (χ1n) is 4.84. The molecule has 0 saturated heterocycles. The van der Waals surface area contributed by atoms with Gasteiger partial charge < -0.3 is 5.32 Å². The highest BCUT2D eigenvalue weighted by atomic mass is 35.5. The number of rotatable bonds is 4. The van der Waals surface area contributed by atoms with Crippen molar-refractivity contribution in [2.75, 3.05) is 12.4 Å². The first-order chi connectivity index (χ1) is 7.56. The van der Waals surface area contributed by atoms with E-state index in [9.17, 15) is 13.6 Å². The fourth-order valence-electron chi connectivity index (χ4n) is 1.12. The molecular formula is C11H12ClF2NO. The zero-order valence-corrected chi connectivity index (χ0v) is 9.52. The van der Waals surface area contributed by atoms with Crippen LogP contribution < -0.4 is 5.32 Å². The van der Waals surface area contributed by atoms with Crippen LogP contribution in [0.4, 0.5) is 8.78 Å². The van der Waals surface area contributed by atoms with Crippen molar-refractivity contribution in [3.05, 3.63) is 35.4 Å². The topological polar surface area (TPSA) is 29.1 Å². The van der Waals surface area contributed by atoms with Crippen molar-refractivity contribution in [3.8, 4) is 0 Å². The van der Waals surface area contributed by atoms with Crippen molar-refractivity contribution < 1.29 is 13.6 Å². The van der Waals surface area contributed by atoms with Crippen molar-refractivity contribution in [3.63, 3.8) is 0 Å². The maximum Gasteiger partial charge on any atom is 0.257 e. The van der Waals surface area contributed by atoms with Gasteiger partial charge in [-0.25, -0.2) is 8.78 Å². The van der Waals surface area contributed by atoms with Gasteiger partial charge in [0.05, 0.1) is 0 Å². The van der Waals surface area contributed by atoms with Crippen LogP contribution in [0.15, 0.2) is 18.2 Å². The lowest BCUT2D eigenvalue weighted by Crippen LogP contribution is -2.30. The highest BCUT2D eigenvalue weighted by molar-refractivity contribution is 6.18. The van der Waals surface area contributed by atoms with Crippen molar-refractivity contribution in [2.45, 2.75) is 6.92 Å². The second-order valence-corrected chi connectivity index (χ2v) is 3.87. The molecule has 0 aliphatic carbocycles. The fourth-order valence-corrected chi connectivity index (χ4v) is 1.23. The van der Waals surface area contributed by atoms with Crippen molar-refractivity contribution in [1.29, 1.82) is 0 Å².